The highest BCUT2D eigenvalue weighted by Crippen LogP contribution is 1.89. The van der Waals surface area contributed by atoms with Gasteiger partial charge in [-0.15, -0.1) is 0 Å². The minimum absolute atomic E-state index is 0.707. The number of rotatable bonds is 0. The first kappa shape index (κ1) is 5.09. The normalized spacial score (nSPS) is 17.8. The minimum atomic E-state index is 0.707. The maximum Gasteiger partial charge on any atom is 0.0592 e. The average molecular weight is 108 g/mol. The van der Waals surface area contributed by atoms with Crippen molar-refractivity contribution in [1.82, 2.24) is 0 Å². The van der Waals surface area contributed by atoms with Gasteiger partial charge in [-0.2, -0.15) is 0 Å². The van der Waals surface area contributed by atoms with E-state index in [1.165, 1.54) is 0 Å². The number of allylic oxidation sites excluding steroid dienone is 2. The third kappa shape index (κ3) is 1.22. The molecule has 0 aromatic carbocycles. The lowest BCUT2D eigenvalue weighted by molar-refractivity contribution is 1.23. The molecule has 1 heterocycles. The minimum Gasteiger partial charge on any atom is -0.399 e. The molecule has 0 aromatic heterocycles. The lowest BCUT2D eigenvalue weighted by Crippen LogP contribution is -1.91. The smallest absolute Gasteiger partial charge is 0.0592 e. The second-order valence-electron chi connectivity index (χ2n) is 1.58. The fraction of sp³-hybridized carbons (Fsp3) is 0.167. The molecule has 1 rings (SSSR count). The molecule has 0 spiro atoms. The Morgan fingerprint density at radius 1 is 1.62 bits per heavy atom. The summed E-state index contributed by atoms with van der Waals surface area (Å²) in [7, 11) is 0. The molecule has 0 aliphatic carbocycles. The average Bonchev–Trinajstić information content (AvgIpc) is 1.94. The van der Waals surface area contributed by atoms with Crippen molar-refractivity contribution in [1.29, 1.82) is 0 Å². The first-order valence-electron chi connectivity index (χ1n) is 2.52. The monoisotopic (exact) mass is 108 g/mol. The van der Waals surface area contributed by atoms with Crippen LogP contribution in [0.15, 0.2) is 28.9 Å². The predicted molar refractivity (Wildman–Crippen MR) is 34.8 cm³/mol. The summed E-state index contributed by atoms with van der Waals surface area (Å²) < 4.78 is 0. The van der Waals surface area contributed by atoms with E-state index >= 15 is 0 Å². The van der Waals surface area contributed by atoms with Crippen LogP contribution in [0.2, 0.25) is 0 Å². The van der Waals surface area contributed by atoms with E-state index in [4.69, 9.17) is 5.73 Å². The molecule has 0 bridgehead atoms. The second-order valence-corrected chi connectivity index (χ2v) is 1.58. The van der Waals surface area contributed by atoms with Crippen molar-refractivity contribution in [3.05, 3.63) is 23.9 Å². The maximum atomic E-state index is 5.43. The summed E-state index contributed by atoms with van der Waals surface area (Å²) in [5, 5.41) is 0. The molecule has 0 saturated heterocycles. The lowest BCUT2D eigenvalue weighted by Gasteiger charge is -1.83. The molecule has 0 fully saturated rings. The van der Waals surface area contributed by atoms with Gasteiger partial charge in [-0.25, -0.2) is 0 Å². The van der Waals surface area contributed by atoms with Crippen LogP contribution >= 0.6 is 0 Å². The molecule has 0 saturated carbocycles. The topological polar surface area (TPSA) is 38.4 Å². The zero-order valence-electron chi connectivity index (χ0n) is 4.54. The number of hydrogen-bond donors (Lipinski definition) is 1. The number of nitrogens with two attached hydrogens (primary N) is 1. The quantitative estimate of drug-likeness (QED) is 0.481. The van der Waals surface area contributed by atoms with Crippen LogP contribution in [0.3, 0.4) is 0 Å². The molecular formula is C6H8N2. The molecule has 2 heteroatoms. The molecule has 8 heavy (non-hydrogen) atoms. The number of nitrogens with zero attached hydrogens (tertiary/aromatic N) is 1. The van der Waals surface area contributed by atoms with Gasteiger partial charge in [0.25, 0.3) is 0 Å². The molecule has 1 aliphatic heterocycles. The molecule has 2 nitrogen and oxygen atoms in total. The van der Waals surface area contributed by atoms with Gasteiger partial charge in [-0.3, -0.25) is 4.99 Å². The van der Waals surface area contributed by atoms with E-state index < -0.39 is 0 Å². The van der Waals surface area contributed by atoms with Crippen molar-refractivity contribution < 1.29 is 0 Å². The van der Waals surface area contributed by atoms with Gasteiger partial charge < -0.3 is 5.73 Å². The zero-order valence-corrected chi connectivity index (χ0v) is 4.54. The Kier molecular flexibility index (Phi) is 1.47. The summed E-state index contributed by atoms with van der Waals surface area (Å²) in [4.78, 5) is 3.95. The van der Waals surface area contributed by atoms with Crippen molar-refractivity contribution in [2.24, 2.45) is 10.7 Å². The SMILES string of the molecule is NC1=CCN=CC=C1. The largest absolute Gasteiger partial charge is 0.399 e. The predicted octanol–water partition coefficient (Wildman–Crippen LogP) is 0.470. The fourth-order valence-corrected chi connectivity index (χ4v) is 0.502. The molecule has 0 atom stereocenters. The first-order chi connectivity index (χ1) is 3.89. The second kappa shape index (κ2) is 2.31. The van der Waals surface area contributed by atoms with Crippen LogP contribution in [0.1, 0.15) is 0 Å². The summed E-state index contributed by atoms with van der Waals surface area (Å²) in [6.45, 7) is 0.707. The Morgan fingerprint density at radius 2 is 2.50 bits per heavy atom. The van der Waals surface area contributed by atoms with E-state index in [0.717, 1.165) is 5.70 Å². The standard InChI is InChI=1S/C6H8N2/c7-6-2-1-4-8-5-3-6/h1-4H,5,7H2. The molecule has 2 N–H and O–H groups in total. The summed E-state index contributed by atoms with van der Waals surface area (Å²) in [6, 6.07) is 0. The lowest BCUT2D eigenvalue weighted by atomic mass is 10.4. The van der Waals surface area contributed by atoms with Crippen LogP contribution in [0.25, 0.3) is 0 Å². The number of hydrogen-bond acceptors (Lipinski definition) is 2. The van der Waals surface area contributed by atoms with Gasteiger partial charge in [-0.1, -0.05) is 0 Å². The molecule has 0 aromatic rings. The first-order valence-corrected chi connectivity index (χ1v) is 2.52. The highest BCUT2D eigenvalue weighted by molar-refractivity contribution is 5.72. The number of aliphatic imine (C=N–C) groups is 1. The van der Waals surface area contributed by atoms with E-state index in [1.54, 1.807) is 6.21 Å². The third-order valence-corrected chi connectivity index (χ3v) is 0.913. The van der Waals surface area contributed by atoms with Crippen LogP contribution in [-0.2, 0) is 0 Å². The summed E-state index contributed by atoms with van der Waals surface area (Å²) in [5.74, 6) is 0. The fourth-order valence-electron chi connectivity index (χ4n) is 0.502. The van der Waals surface area contributed by atoms with Crippen LogP contribution < -0.4 is 5.73 Å². The van der Waals surface area contributed by atoms with Gasteiger partial charge in [0.05, 0.1) is 6.54 Å². The van der Waals surface area contributed by atoms with Crippen LogP contribution in [0.5, 0.6) is 0 Å². The Balaban J connectivity index is 2.69. The van der Waals surface area contributed by atoms with Crippen LogP contribution in [-0.4, -0.2) is 12.8 Å². The van der Waals surface area contributed by atoms with Crippen molar-refractivity contribution in [3.8, 4) is 0 Å². The summed E-state index contributed by atoms with van der Waals surface area (Å²) >= 11 is 0. The van der Waals surface area contributed by atoms with Crippen molar-refractivity contribution >= 4 is 6.21 Å². The Bertz CT molecular complexity index is 151. The van der Waals surface area contributed by atoms with E-state index in [1.807, 2.05) is 18.2 Å². The van der Waals surface area contributed by atoms with E-state index in [9.17, 15) is 0 Å². The van der Waals surface area contributed by atoms with Gasteiger partial charge in [-0.05, 0) is 18.2 Å². The van der Waals surface area contributed by atoms with Gasteiger partial charge in [0.2, 0.25) is 0 Å². The highest BCUT2D eigenvalue weighted by atomic mass is 14.7. The summed E-state index contributed by atoms with van der Waals surface area (Å²) in [5.41, 5.74) is 6.22. The molecular weight excluding hydrogens is 100 g/mol. The van der Waals surface area contributed by atoms with E-state index in [0.29, 0.717) is 6.54 Å². The molecule has 0 radical (unpaired) electrons. The van der Waals surface area contributed by atoms with Gasteiger partial charge in [0, 0.05) is 11.9 Å². The molecule has 1 aliphatic rings. The Labute approximate surface area is 48.4 Å². The Morgan fingerprint density at radius 3 is 3.38 bits per heavy atom. The van der Waals surface area contributed by atoms with Crippen molar-refractivity contribution in [3.63, 3.8) is 0 Å². The van der Waals surface area contributed by atoms with Crippen molar-refractivity contribution in [2.45, 2.75) is 0 Å². The van der Waals surface area contributed by atoms with Gasteiger partial charge >= 0.3 is 0 Å². The molecule has 42 valence electrons. The maximum absolute atomic E-state index is 5.43. The molecule has 0 unspecified atom stereocenters. The third-order valence-electron chi connectivity index (χ3n) is 0.913. The zero-order chi connectivity index (χ0) is 5.82. The summed E-state index contributed by atoms with van der Waals surface area (Å²) in [6.07, 6.45) is 7.28. The van der Waals surface area contributed by atoms with Gasteiger partial charge in [0.15, 0.2) is 0 Å². The van der Waals surface area contributed by atoms with Crippen molar-refractivity contribution in [2.75, 3.05) is 6.54 Å². The van der Waals surface area contributed by atoms with E-state index in [-0.39, 0.29) is 0 Å². The van der Waals surface area contributed by atoms with Crippen LogP contribution in [0.4, 0.5) is 0 Å². The van der Waals surface area contributed by atoms with Gasteiger partial charge in [0.1, 0.15) is 0 Å². The van der Waals surface area contributed by atoms with E-state index in [2.05, 4.69) is 4.99 Å². The Hall–Kier alpha value is -1.05. The molecule has 0 amide bonds. The highest BCUT2D eigenvalue weighted by Gasteiger charge is 1.82. The van der Waals surface area contributed by atoms with Crippen LogP contribution in [0, 0.1) is 0 Å².